The molecule has 4 atom stereocenters. The van der Waals surface area contributed by atoms with Gasteiger partial charge < -0.3 is 25.4 Å². The predicted molar refractivity (Wildman–Crippen MR) is 92.8 cm³/mol. The second kappa shape index (κ2) is 5.74. The highest BCUT2D eigenvalue weighted by Gasteiger charge is 2.53. The molecule has 1 aromatic carbocycles. The van der Waals surface area contributed by atoms with Crippen molar-refractivity contribution in [3.05, 3.63) is 28.8 Å². The van der Waals surface area contributed by atoms with Gasteiger partial charge in [-0.1, -0.05) is 0 Å². The van der Waals surface area contributed by atoms with Crippen LogP contribution in [0.25, 0.3) is 21.7 Å². The first-order chi connectivity index (χ1) is 12.4. The van der Waals surface area contributed by atoms with E-state index in [1.807, 2.05) is 0 Å². The average molecular weight is 361 g/mol. The summed E-state index contributed by atoms with van der Waals surface area (Å²) in [6.07, 6.45) is -0.200. The van der Waals surface area contributed by atoms with E-state index >= 15 is 0 Å². The number of H-pyrrole nitrogens is 1. The number of rotatable bonds is 3. The maximum Gasteiger partial charge on any atom is 0.272 e. The molecule has 3 heterocycles. The molecule has 0 spiro atoms. The van der Waals surface area contributed by atoms with Gasteiger partial charge in [0, 0.05) is 29.7 Å². The molecule has 2 aromatic heterocycles. The average Bonchev–Trinajstić information content (AvgIpc) is 3.04. The SMILES string of the molecule is CNc1cc2c(=O)[nH]ncc3nn([C@@H]4O[C@H](CO)[C@@H](O)[C@@]4(C)O)cc1c32. The molecule has 0 aliphatic carbocycles. The Morgan fingerprint density at radius 2 is 2.23 bits per heavy atom. The molecule has 3 aromatic rings. The Bertz CT molecular complexity index is 1040. The fraction of sp³-hybridized carbons (Fsp3) is 0.438. The Labute approximate surface area is 147 Å². The van der Waals surface area contributed by atoms with E-state index in [1.54, 1.807) is 19.3 Å². The van der Waals surface area contributed by atoms with Crippen LogP contribution in [0, 0.1) is 0 Å². The van der Waals surface area contributed by atoms with E-state index in [4.69, 9.17) is 4.74 Å². The van der Waals surface area contributed by atoms with E-state index in [9.17, 15) is 20.1 Å². The molecule has 1 saturated heterocycles. The van der Waals surface area contributed by atoms with Gasteiger partial charge in [0.1, 0.15) is 23.3 Å². The Morgan fingerprint density at radius 3 is 2.88 bits per heavy atom. The molecule has 0 amide bonds. The molecule has 0 bridgehead atoms. The molecule has 1 aliphatic rings. The molecule has 10 heteroatoms. The third-order valence-corrected chi connectivity index (χ3v) is 4.90. The zero-order valence-electron chi connectivity index (χ0n) is 14.2. The van der Waals surface area contributed by atoms with E-state index in [0.29, 0.717) is 27.4 Å². The summed E-state index contributed by atoms with van der Waals surface area (Å²) in [5.74, 6) is 0. The van der Waals surface area contributed by atoms with Crippen molar-refractivity contribution in [2.75, 3.05) is 19.0 Å². The number of aliphatic hydroxyl groups is 3. The van der Waals surface area contributed by atoms with Crippen molar-refractivity contribution in [1.29, 1.82) is 0 Å². The highest BCUT2D eigenvalue weighted by Crippen LogP contribution is 2.39. The summed E-state index contributed by atoms with van der Waals surface area (Å²) in [6, 6.07) is 1.70. The molecule has 0 unspecified atom stereocenters. The Hall–Kier alpha value is -2.53. The van der Waals surface area contributed by atoms with Gasteiger partial charge in [-0.3, -0.25) is 4.79 Å². The second-order valence-corrected chi connectivity index (χ2v) is 6.58. The second-order valence-electron chi connectivity index (χ2n) is 6.58. The molecule has 10 nitrogen and oxygen atoms in total. The summed E-state index contributed by atoms with van der Waals surface area (Å²) >= 11 is 0. The lowest BCUT2D eigenvalue weighted by Gasteiger charge is -2.27. The van der Waals surface area contributed by atoms with Crippen LogP contribution in [0.2, 0.25) is 0 Å². The number of nitrogens with one attached hydrogen (secondary N) is 2. The Kier molecular flexibility index (Phi) is 3.74. The van der Waals surface area contributed by atoms with E-state index < -0.39 is 30.6 Å². The fourth-order valence-corrected chi connectivity index (χ4v) is 3.50. The molecule has 26 heavy (non-hydrogen) atoms. The summed E-state index contributed by atoms with van der Waals surface area (Å²) in [5, 5.41) is 45.8. The van der Waals surface area contributed by atoms with E-state index in [2.05, 4.69) is 20.6 Å². The van der Waals surface area contributed by atoms with Crippen LogP contribution in [-0.4, -0.2) is 66.8 Å². The van der Waals surface area contributed by atoms with E-state index in [1.165, 1.54) is 17.8 Å². The van der Waals surface area contributed by atoms with Crippen molar-refractivity contribution < 1.29 is 20.1 Å². The van der Waals surface area contributed by atoms with E-state index in [-0.39, 0.29) is 5.56 Å². The quantitative estimate of drug-likeness (QED) is 0.412. The molecular formula is C16H19N5O5. The van der Waals surface area contributed by atoms with Gasteiger partial charge in [-0.15, -0.1) is 0 Å². The van der Waals surface area contributed by atoms with Gasteiger partial charge in [-0.25, -0.2) is 9.78 Å². The number of ether oxygens (including phenoxy) is 1. The van der Waals surface area contributed by atoms with Crippen molar-refractivity contribution in [2.45, 2.75) is 31.0 Å². The number of hydrogen-bond donors (Lipinski definition) is 5. The van der Waals surface area contributed by atoms with Gasteiger partial charge in [0.05, 0.1) is 18.2 Å². The van der Waals surface area contributed by atoms with Crippen molar-refractivity contribution in [2.24, 2.45) is 0 Å². The summed E-state index contributed by atoms with van der Waals surface area (Å²) in [6.45, 7) is 0.981. The third kappa shape index (κ3) is 2.23. The summed E-state index contributed by atoms with van der Waals surface area (Å²) < 4.78 is 7.00. The number of aliphatic hydroxyl groups excluding tert-OH is 2. The van der Waals surface area contributed by atoms with Crippen LogP contribution in [-0.2, 0) is 4.74 Å². The smallest absolute Gasteiger partial charge is 0.272 e. The van der Waals surface area contributed by atoms with Crippen LogP contribution in [0.3, 0.4) is 0 Å². The van der Waals surface area contributed by atoms with Crippen molar-refractivity contribution in [3.8, 4) is 0 Å². The first-order valence-corrected chi connectivity index (χ1v) is 8.12. The largest absolute Gasteiger partial charge is 0.394 e. The minimum atomic E-state index is -1.67. The standard InChI is InChI=1S/C16H19N5O5/c1-16(25)13(23)11(6-22)26-15(16)21-5-8-9(17-2)3-7-12(8)10(20-21)4-18-19-14(7)24/h3-5,11,13,15,17,22-23,25H,6H2,1-2H3,(H,19,24)/t11-,13-,15-,16-/m1/s1. The molecule has 1 aliphatic heterocycles. The highest BCUT2D eigenvalue weighted by molar-refractivity contribution is 6.14. The number of anilines is 1. The fourth-order valence-electron chi connectivity index (χ4n) is 3.50. The molecule has 1 fully saturated rings. The van der Waals surface area contributed by atoms with Gasteiger partial charge >= 0.3 is 0 Å². The minimum Gasteiger partial charge on any atom is -0.394 e. The predicted octanol–water partition coefficient (Wildman–Crippen LogP) is -0.684. The highest BCUT2D eigenvalue weighted by atomic mass is 16.6. The van der Waals surface area contributed by atoms with Crippen LogP contribution in [0.15, 0.2) is 23.3 Å². The third-order valence-electron chi connectivity index (χ3n) is 4.90. The van der Waals surface area contributed by atoms with Gasteiger partial charge in [-0.2, -0.15) is 10.2 Å². The topological polar surface area (TPSA) is 146 Å². The number of aromatic nitrogens is 4. The normalized spacial score (nSPS) is 28.9. The minimum absolute atomic E-state index is 0.342. The summed E-state index contributed by atoms with van der Waals surface area (Å²) in [4.78, 5) is 12.2. The zero-order valence-corrected chi connectivity index (χ0v) is 14.2. The maximum absolute atomic E-state index is 12.2. The Morgan fingerprint density at radius 1 is 1.46 bits per heavy atom. The molecule has 4 rings (SSSR count). The molecule has 138 valence electrons. The van der Waals surface area contributed by atoms with Crippen LogP contribution in [0.1, 0.15) is 13.2 Å². The maximum atomic E-state index is 12.2. The van der Waals surface area contributed by atoms with Gasteiger partial charge in [0.2, 0.25) is 0 Å². The zero-order chi connectivity index (χ0) is 18.6. The van der Waals surface area contributed by atoms with Crippen LogP contribution in [0.4, 0.5) is 5.69 Å². The molecule has 0 saturated carbocycles. The lowest BCUT2D eigenvalue weighted by molar-refractivity contribution is -0.102. The Balaban J connectivity index is 1.99. The molecular weight excluding hydrogens is 342 g/mol. The number of nitrogens with zero attached hydrogens (tertiary/aromatic N) is 3. The van der Waals surface area contributed by atoms with Gasteiger partial charge in [0.15, 0.2) is 6.23 Å². The number of aromatic amines is 1. The summed E-state index contributed by atoms with van der Waals surface area (Å²) in [7, 11) is 1.73. The van der Waals surface area contributed by atoms with Crippen molar-refractivity contribution >= 4 is 27.4 Å². The van der Waals surface area contributed by atoms with Crippen LogP contribution < -0.4 is 10.9 Å². The monoisotopic (exact) mass is 361 g/mol. The summed E-state index contributed by atoms with van der Waals surface area (Å²) in [5.41, 5.74) is -0.893. The van der Waals surface area contributed by atoms with Crippen molar-refractivity contribution in [1.82, 2.24) is 20.0 Å². The molecule has 5 N–H and O–H groups in total. The van der Waals surface area contributed by atoms with Crippen LogP contribution >= 0.6 is 0 Å². The lowest BCUT2D eigenvalue weighted by atomic mass is 9.97. The molecule has 0 radical (unpaired) electrons. The van der Waals surface area contributed by atoms with Crippen molar-refractivity contribution in [3.63, 3.8) is 0 Å². The first kappa shape index (κ1) is 16.9. The van der Waals surface area contributed by atoms with Gasteiger partial charge in [-0.05, 0) is 13.0 Å². The number of hydrogen-bond acceptors (Lipinski definition) is 8. The van der Waals surface area contributed by atoms with Crippen LogP contribution in [0.5, 0.6) is 0 Å². The van der Waals surface area contributed by atoms with Gasteiger partial charge in [0.25, 0.3) is 5.56 Å². The van der Waals surface area contributed by atoms with E-state index in [0.717, 1.165) is 0 Å². The lowest BCUT2D eigenvalue weighted by Crippen LogP contribution is -2.44. The first-order valence-electron chi connectivity index (χ1n) is 8.12.